The van der Waals surface area contributed by atoms with Crippen LogP contribution in [0.25, 0.3) is 0 Å². The number of Topliss-reactive ketones (excluding diaryl/α,β-unsaturated/α-hetero) is 1. The van der Waals surface area contributed by atoms with Gasteiger partial charge in [0.15, 0.2) is 12.4 Å². The Kier molecular flexibility index (Phi) is 6.20. The van der Waals surface area contributed by atoms with Crippen LogP contribution in [0.5, 0.6) is 0 Å². The number of rotatable bonds is 9. The highest BCUT2D eigenvalue weighted by molar-refractivity contribution is 5.98. The summed E-state index contributed by atoms with van der Waals surface area (Å²) in [5.41, 5.74) is 1.73. The Balaban J connectivity index is 1.51. The van der Waals surface area contributed by atoms with E-state index >= 15 is 0 Å². The Morgan fingerprint density at radius 2 is 1.96 bits per heavy atom. The highest BCUT2D eigenvalue weighted by atomic mass is 16.5. The Morgan fingerprint density at radius 3 is 2.67 bits per heavy atom. The molecule has 0 amide bonds. The van der Waals surface area contributed by atoms with Crippen molar-refractivity contribution in [3.8, 4) is 0 Å². The third-order valence-corrected chi connectivity index (χ3v) is 4.17. The summed E-state index contributed by atoms with van der Waals surface area (Å²) < 4.78 is 12.2. The maximum atomic E-state index is 12.2. The van der Waals surface area contributed by atoms with E-state index in [-0.39, 0.29) is 18.2 Å². The van der Waals surface area contributed by atoms with E-state index in [4.69, 9.17) is 9.15 Å². The number of aryl methyl sites for hydroxylation is 1. The molecule has 2 aromatic heterocycles. The first-order valence-corrected chi connectivity index (χ1v) is 9.01. The van der Waals surface area contributed by atoms with Crippen LogP contribution in [0.1, 0.15) is 52.0 Å². The second-order valence-corrected chi connectivity index (χ2v) is 6.27. The summed E-state index contributed by atoms with van der Waals surface area (Å²) in [5.74, 6) is -0.247. The smallest absolute Gasteiger partial charge is 0.374 e. The number of carbonyl (C=O) groups excluding carboxylic acids is 2. The van der Waals surface area contributed by atoms with Crippen molar-refractivity contribution < 1.29 is 18.7 Å². The lowest BCUT2D eigenvalue weighted by atomic mass is 10.0. The summed E-state index contributed by atoms with van der Waals surface area (Å²) in [4.78, 5) is 24.3. The van der Waals surface area contributed by atoms with Crippen LogP contribution in [0.15, 0.2) is 59.3 Å². The third-order valence-electron chi connectivity index (χ3n) is 4.17. The molecule has 6 heteroatoms. The molecule has 2 heterocycles. The second kappa shape index (κ2) is 8.98. The molecule has 0 aliphatic carbocycles. The topological polar surface area (TPSA) is 74.3 Å². The average molecular weight is 366 g/mol. The van der Waals surface area contributed by atoms with E-state index in [0.29, 0.717) is 17.9 Å². The standard InChI is InChI=1S/C21H22N2O4/c1-2-3-5-16-6-8-17(9-7-16)19(24)15-26-21(25)20-11-10-18(27-20)14-23-13-4-12-22-23/h4,6-13H,2-3,5,14-15H2,1H3. The quantitative estimate of drug-likeness (QED) is 0.424. The number of hydrogen-bond acceptors (Lipinski definition) is 5. The Bertz CT molecular complexity index is 879. The van der Waals surface area contributed by atoms with Crippen LogP contribution in [-0.2, 0) is 17.7 Å². The molecule has 0 N–H and O–H groups in total. The van der Waals surface area contributed by atoms with Crippen LogP contribution in [0.2, 0.25) is 0 Å². The van der Waals surface area contributed by atoms with Crippen molar-refractivity contribution in [3.63, 3.8) is 0 Å². The van der Waals surface area contributed by atoms with E-state index < -0.39 is 5.97 Å². The number of aromatic nitrogens is 2. The summed E-state index contributed by atoms with van der Waals surface area (Å²) >= 11 is 0. The fourth-order valence-corrected chi connectivity index (χ4v) is 2.65. The zero-order chi connectivity index (χ0) is 19.1. The van der Waals surface area contributed by atoms with E-state index in [2.05, 4.69) is 12.0 Å². The molecule has 0 saturated carbocycles. The van der Waals surface area contributed by atoms with Gasteiger partial charge in [-0.25, -0.2) is 4.79 Å². The lowest BCUT2D eigenvalue weighted by Crippen LogP contribution is -2.14. The second-order valence-electron chi connectivity index (χ2n) is 6.27. The SMILES string of the molecule is CCCCc1ccc(C(=O)COC(=O)c2ccc(Cn3cccn3)o2)cc1. The molecule has 3 rings (SSSR count). The van der Waals surface area contributed by atoms with Gasteiger partial charge >= 0.3 is 5.97 Å². The highest BCUT2D eigenvalue weighted by Gasteiger charge is 2.15. The van der Waals surface area contributed by atoms with Gasteiger partial charge in [-0.3, -0.25) is 9.48 Å². The average Bonchev–Trinajstić information content (AvgIpc) is 3.37. The molecular weight excluding hydrogens is 344 g/mol. The molecule has 0 fully saturated rings. The number of carbonyl (C=O) groups is 2. The first-order chi connectivity index (χ1) is 13.2. The summed E-state index contributed by atoms with van der Waals surface area (Å²) in [6.45, 7) is 2.25. The first kappa shape index (κ1) is 18.6. The minimum Gasteiger partial charge on any atom is -0.452 e. The third kappa shape index (κ3) is 5.17. The maximum Gasteiger partial charge on any atom is 0.374 e. The number of esters is 1. The van der Waals surface area contributed by atoms with E-state index in [1.54, 1.807) is 41.3 Å². The van der Waals surface area contributed by atoms with Gasteiger partial charge in [0.1, 0.15) is 5.76 Å². The number of unbranched alkanes of at least 4 members (excludes halogenated alkanes) is 1. The molecule has 0 saturated heterocycles. The van der Waals surface area contributed by atoms with Crippen LogP contribution in [-0.4, -0.2) is 28.1 Å². The Morgan fingerprint density at radius 1 is 1.15 bits per heavy atom. The summed E-state index contributed by atoms with van der Waals surface area (Å²) in [6.07, 6.45) is 6.72. The molecule has 140 valence electrons. The fourth-order valence-electron chi connectivity index (χ4n) is 2.65. The molecule has 0 aliphatic heterocycles. The van der Waals surface area contributed by atoms with Gasteiger partial charge < -0.3 is 9.15 Å². The predicted molar refractivity (Wildman–Crippen MR) is 99.7 cm³/mol. The summed E-state index contributed by atoms with van der Waals surface area (Å²) in [5, 5.41) is 4.08. The molecule has 1 aromatic carbocycles. The molecule has 0 atom stereocenters. The van der Waals surface area contributed by atoms with Gasteiger partial charge in [0.05, 0.1) is 6.54 Å². The monoisotopic (exact) mass is 366 g/mol. The van der Waals surface area contributed by atoms with Crippen molar-refractivity contribution in [2.45, 2.75) is 32.7 Å². The molecule has 0 bridgehead atoms. The zero-order valence-corrected chi connectivity index (χ0v) is 15.3. The normalized spacial score (nSPS) is 10.7. The van der Waals surface area contributed by atoms with Crippen LogP contribution in [0.4, 0.5) is 0 Å². The molecular formula is C21H22N2O4. The predicted octanol–water partition coefficient (Wildman–Crippen LogP) is 3.91. The molecule has 3 aromatic rings. The molecule has 6 nitrogen and oxygen atoms in total. The van der Waals surface area contributed by atoms with Gasteiger partial charge in [-0.1, -0.05) is 37.6 Å². The lowest BCUT2D eigenvalue weighted by Gasteiger charge is -2.04. The van der Waals surface area contributed by atoms with Gasteiger partial charge in [0, 0.05) is 18.0 Å². The minimum absolute atomic E-state index is 0.0693. The summed E-state index contributed by atoms with van der Waals surface area (Å²) in [6, 6.07) is 12.5. The van der Waals surface area contributed by atoms with Gasteiger partial charge in [-0.2, -0.15) is 5.10 Å². The maximum absolute atomic E-state index is 12.2. The van der Waals surface area contributed by atoms with Gasteiger partial charge in [0.2, 0.25) is 5.76 Å². The van der Waals surface area contributed by atoms with Crippen molar-refractivity contribution in [2.24, 2.45) is 0 Å². The van der Waals surface area contributed by atoms with Crippen LogP contribution >= 0.6 is 0 Å². The molecule has 0 unspecified atom stereocenters. The van der Waals surface area contributed by atoms with Gasteiger partial charge in [-0.05, 0) is 36.6 Å². The molecule has 0 spiro atoms. The van der Waals surface area contributed by atoms with Crippen molar-refractivity contribution in [2.75, 3.05) is 6.61 Å². The van der Waals surface area contributed by atoms with E-state index in [1.807, 2.05) is 12.1 Å². The minimum atomic E-state index is -0.658. The van der Waals surface area contributed by atoms with E-state index in [0.717, 1.165) is 19.3 Å². The number of hydrogen-bond donors (Lipinski definition) is 0. The van der Waals surface area contributed by atoms with Crippen LogP contribution < -0.4 is 0 Å². The number of nitrogens with zero attached hydrogens (tertiary/aromatic N) is 2. The Labute approximate surface area is 157 Å². The number of furan rings is 1. The Hall–Kier alpha value is -3.15. The molecule has 0 radical (unpaired) electrons. The van der Waals surface area contributed by atoms with E-state index in [1.165, 1.54) is 11.6 Å². The van der Waals surface area contributed by atoms with Crippen LogP contribution in [0.3, 0.4) is 0 Å². The molecule has 0 aliphatic rings. The molecule has 27 heavy (non-hydrogen) atoms. The van der Waals surface area contributed by atoms with Gasteiger partial charge in [-0.15, -0.1) is 0 Å². The van der Waals surface area contributed by atoms with Crippen molar-refractivity contribution in [3.05, 3.63) is 77.5 Å². The van der Waals surface area contributed by atoms with Gasteiger partial charge in [0.25, 0.3) is 0 Å². The van der Waals surface area contributed by atoms with Crippen molar-refractivity contribution in [1.29, 1.82) is 0 Å². The fraction of sp³-hybridized carbons (Fsp3) is 0.286. The van der Waals surface area contributed by atoms with Crippen LogP contribution in [0, 0.1) is 0 Å². The summed E-state index contributed by atoms with van der Waals surface area (Å²) in [7, 11) is 0. The largest absolute Gasteiger partial charge is 0.452 e. The first-order valence-electron chi connectivity index (χ1n) is 9.01. The van der Waals surface area contributed by atoms with E-state index in [9.17, 15) is 9.59 Å². The number of ether oxygens (including phenoxy) is 1. The van der Waals surface area contributed by atoms with Crippen molar-refractivity contribution in [1.82, 2.24) is 9.78 Å². The zero-order valence-electron chi connectivity index (χ0n) is 15.3. The number of benzene rings is 1. The van der Waals surface area contributed by atoms with Crippen molar-refractivity contribution >= 4 is 11.8 Å². The number of ketones is 1. The highest BCUT2D eigenvalue weighted by Crippen LogP contribution is 2.12. The lowest BCUT2D eigenvalue weighted by molar-refractivity contribution is 0.0442.